The number of rotatable bonds is 9. The highest BCUT2D eigenvalue weighted by Gasteiger charge is 2.43. The van der Waals surface area contributed by atoms with Crippen LogP contribution in [0, 0.1) is 0 Å². The number of alkyl carbamates (subject to hydrolysis) is 1. The number of carbonyl (C=O) groups is 2. The minimum absolute atomic E-state index is 0.000228. The summed E-state index contributed by atoms with van der Waals surface area (Å²) in [6.45, 7) is 3.04. The molecule has 3 rings (SSSR count). The maximum atomic E-state index is 12.8. The van der Waals surface area contributed by atoms with E-state index in [9.17, 15) is 19.3 Å². The van der Waals surface area contributed by atoms with E-state index in [0.29, 0.717) is 0 Å². The highest BCUT2D eigenvalue weighted by Crippen LogP contribution is 2.52. The second kappa shape index (κ2) is 9.43. The molecule has 0 radical (unpaired) electrons. The summed E-state index contributed by atoms with van der Waals surface area (Å²) in [4.78, 5) is 24.0. The van der Waals surface area contributed by atoms with E-state index in [-0.39, 0.29) is 25.7 Å². The lowest BCUT2D eigenvalue weighted by Crippen LogP contribution is -2.42. The second-order valence-electron chi connectivity index (χ2n) is 6.59. The summed E-state index contributed by atoms with van der Waals surface area (Å²) in [5, 5.41) is 11.6. The number of aliphatic carboxylic acids is 1. The van der Waals surface area contributed by atoms with Crippen molar-refractivity contribution in [1.29, 1.82) is 0 Å². The number of carboxylic acids is 1. The summed E-state index contributed by atoms with van der Waals surface area (Å²) in [7, 11) is -4.11. The first-order chi connectivity index (χ1) is 14.4. The molecular weight excluding hydrogens is 409 g/mol. The third-order valence-electron chi connectivity index (χ3n) is 4.77. The molecule has 0 saturated carbocycles. The minimum atomic E-state index is -4.11. The second-order valence-corrected chi connectivity index (χ2v) is 8.70. The highest BCUT2D eigenvalue weighted by atomic mass is 31.2. The van der Waals surface area contributed by atoms with E-state index in [1.165, 1.54) is 0 Å². The van der Waals surface area contributed by atoms with Gasteiger partial charge in [-0.2, -0.15) is 0 Å². The number of hydrogen-bond donors (Lipinski definition) is 2. The van der Waals surface area contributed by atoms with Crippen LogP contribution >= 0.6 is 7.60 Å². The van der Waals surface area contributed by atoms with Crippen molar-refractivity contribution in [3.8, 4) is 11.1 Å². The molecule has 0 aromatic heterocycles. The van der Waals surface area contributed by atoms with Crippen molar-refractivity contribution in [3.05, 3.63) is 59.7 Å². The van der Waals surface area contributed by atoms with Gasteiger partial charge in [0.15, 0.2) is 0 Å². The zero-order valence-corrected chi connectivity index (χ0v) is 17.6. The maximum Gasteiger partial charge on any atom is 0.408 e. The molecule has 9 heteroatoms. The molecule has 0 saturated heterocycles. The van der Waals surface area contributed by atoms with Crippen molar-refractivity contribution in [3.63, 3.8) is 0 Å². The van der Waals surface area contributed by atoms with Gasteiger partial charge in [0, 0.05) is 5.92 Å². The monoisotopic (exact) mass is 433 g/mol. The van der Waals surface area contributed by atoms with E-state index in [4.69, 9.17) is 13.8 Å². The number of nitrogens with one attached hydrogen (secondary N) is 1. The molecule has 0 bridgehead atoms. The smallest absolute Gasteiger partial charge is 0.408 e. The molecule has 1 unspecified atom stereocenters. The summed E-state index contributed by atoms with van der Waals surface area (Å²) < 4.78 is 28.2. The van der Waals surface area contributed by atoms with Crippen LogP contribution in [0.1, 0.15) is 30.9 Å². The fourth-order valence-corrected chi connectivity index (χ4v) is 5.20. The van der Waals surface area contributed by atoms with Crippen LogP contribution in [0.2, 0.25) is 0 Å². The average molecular weight is 433 g/mol. The number of carboxylic acid groups (broad SMARTS) is 1. The third kappa shape index (κ3) is 4.41. The molecule has 1 atom stereocenters. The van der Waals surface area contributed by atoms with Gasteiger partial charge in [-0.05, 0) is 36.1 Å². The van der Waals surface area contributed by atoms with Crippen molar-refractivity contribution in [2.24, 2.45) is 0 Å². The molecule has 0 fully saturated rings. The number of ether oxygens (including phenoxy) is 1. The Morgan fingerprint density at radius 3 is 1.97 bits per heavy atom. The molecule has 0 spiro atoms. The predicted molar refractivity (Wildman–Crippen MR) is 110 cm³/mol. The Labute approximate surface area is 174 Å². The van der Waals surface area contributed by atoms with Crippen LogP contribution in [-0.2, 0) is 23.1 Å². The van der Waals surface area contributed by atoms with Crippen LogP contribution < -0.4 is 5.32 Å². The van der Waals surface area contributed by atoms with Gasteiger partial charge >= 0.3 is 19.7 Å². The summed E-state index contributed by atoms with van der Waals surface area (Å²) in [6, 6.07) is 15.7. The lowest BCUT2D eigenvalue weighted by atomic mass is 9.98. The van der Waals surface area contributed by atoms with E-state index in [1.54, 1.807) is 13.8 Å². The molecule has 0 heterocycles. The van der Waals surface area contributed by atoms with Crippen LogP contribution in [0.4, 0.5) is 4.79 Å². The number of hydrogen-bond acceptors (Lipinski definition) is 6. The van der Waals surface area contributed by atoms with Crippen molar-refractivity contribution in [1.82, 2.24) is 5.32 Å². The SMILES string of the molecule is CCOP(=O)(OCC)C(NC(=O)OCC1c2ccccc2-c2ccccc21)C(=O)O. The van der Waals surface area contributed by atoms with Gasteiger partial charge in [0.05, 0.1) is 13.2 Å². The molecule has 160 valence electrons. The van der Waals surface area contributed by atoms with Crippen LogP contribution in [-0.4, -0.2) is 42.8 Å². The Morgan fingerprint density at radius 2 is 1.50 bits per heavy atom. The normalized spacial score (nSPS) is 13.9. The standard InChI is InChI=1S/C21H24NO7P/c1-3-28-30(26,29-4-2)19(20(23)24)22-21(25)27-13-18-16-11-7-5-9-14(16)15-10-6-8-12-17(15)18/h5-12,18-19H,3-4,13H2,1-2H3,(H,22,25)(H,23,24). The molecule has 1 aliphatic rings. The van der Waals surface area contributed by atoms with Crippen LogP contribution in [0.5, 0.6) is 0 Å². The maximum absolute atomic E-state index is 12.8. The molecule has 2 N–H and O–H groups in total. The van der Waals surface area contributed by atoms with Crippen molar-refractivity contribution < 1.29 is 33.0 Å². The van der Waals surface area contributed by atoms with E-state index in [1.807, 2.05) is 48.5 Å². The molecule has 0 aliphatic heterocycles. The Morgan fingerprint density at radius 1 is 1.00 bits per heavy atom. The molecule has 1 aliphatic carbocycles. The lowest BCUT2D eigenvalue weighted by Gasteiger charge is -2.24. The quantitative estimate of drug-likeness (QED) is 0.570. The molecule has 30 heavy (non-hydrogen) atoms. The minimum Gasteiger partial charge on any atom is -0.479 e. The zero-order chi connectivity index (χ0) is 21.7. The van der Waals surface area contributed by atoms with Gasteiger partial charge in [-0.3, -0.25) is 9.88 Å². The van der Waals surface area contributed by atoms with Gasteiger partial charge < -0.3 is 18.9 Å². The number of carbonyl (C=O) groups excluding carboxylic acids is 1. The van der Waals surface area contributed by atoms with Crippen LogP contribution in [0.25, 0.3) is 11.1 Å². The Hall–Kier alpha value is -2.67. The summed E-state index contributed by atoms with van der Waals surface area (Å²) in [6.07, 6.45) is -1.01. The van der Waals surface area contributed by atoms with Gasteiger partial charge in [-0.15, -0.1) is 0 Å². The van der Waals surface area contributed by atoms with E-state index >= 15 is 0 Å². The van der Waals surface area contributed by atoms with Gasteiger partial charge in [-0.25, -0.2) is 9.59 Å². The molecule has 2 aromatic rings. The van der Waals surface area contributed by atoms with Gasteiger partial charge in [-0.1, -0.05) is 48.5 Å². The number of fused-ring (bicyclic) bond motifs is 3. The molecule has 8 nitrogen and oxygen atoms in total. The van der Waals surface area contributed by atoms with Gasteiger partial charge in [0.25, 0.3) is 0 Å². The van der Waals surface area contributed by atoms with Crippen molar-refractivity contribution >= 4 is 19.7 Å². The zero-order valence-electron chi connectivity index (χ0n) is 16.7. The lowest BCUT2D eigenvalue weighted by molar-refractivity contribution is -0.137. The van der Waals surface area contributed by atoms with Gasteiger partial charge in [0.2, 0.25) is 5.78 Å². The molecule has 2 aromatic carbocycles. The van der Waals surface area contributed by atoms with Crippen molar-refractivity contribution in [2.75, 3.05) is 19.8 Å². The van der Waals surface area contributed by atoms with E-state index in [2.05, 4.69) is 5.32 Å². The summed E-state index contributed by atoms with van der Waals surface area (Å²) >= 11 is 0. The Bertz CT molecular complexity index is 922. The Balaban J connectivity index is 1.74. The van der Waals surface area contributed by atoms with E-state index in [0.717, 1.165) is 22.3 Å². The number of benzene rings is 2. The number of amides is 1. The van der Waals surface area contributed by atoms with Crippen molar-refractivity contribution in [2.45, 2.75) is 25.5 Å². The fourth-order valence-electron chi connectivity index (χ4n) is 3.57. The topological polar surface area (TPSA) is 111 Å². The highest BCUT2D eigenvalue weighted by molar-refractivity contribution is 7.55. The van der Waals surface area contributed by atoms with Crippen LogP contribution in [0.3, 0.4) is 0 Å². The predicted octanol–water partition coefficient (Wildman–Crippen LogP) is 4.20. The average Bonchev–Trinajstić information content (AvgIpc) is 3.04. The van der Waals surface area contributed by atoms with Gasteiger partial charge in [0.1, 0.15) is 6.61 Å². The van der Waals surface area contributed by atoms with Crippen LogP contribution in [0.15, 0.2) is 48.5 Å². The largest absolute Gasteiger partial charge is 0.479 e. The Kier molecular flexibility index (Phi) is 6.92. The first kappa shape index (κ1) is 22.0. The first-order valence-corrected chi connectivity index (χ1v) is 11.3. The molecule has 1 amide bonds. The fraction of sp³-hybridized carbons (Fsp3) is 0.333. The molecular formula is C21H24NO7P. The third-order valence-corrected chi connectivity index (χ3v) is 6.99. The first-order valence-electron chi connectivity index (χ1n) is 9.64. The summed E-state index contributed by atoms with van der Waals surface area (Å²) in [5.74, 6) is -3.58. The van der Waals surface area contributed by atoms with E-state index < -0.39 is 25.4 Å². The summed E-state index contributed by atoms with van der Waals surface area (Å²) in [5.41, 5.74) is 4.19.